The summed E-state index contributed by atoms with van der Waals surface area (Å²) in [4.78, 5) is 15.0. The molecule has 2 aromatic rings. The second-order valence-electron chi connectivity index (χ2n) is 8.14. The van der Waals surface area contributed by atoms with Crippen molar-refractivity contribution in [2.75, 3.05) is 18.8 Å². The first-order chi connectivity index (χ1) is 14.7. The number of hydrogen-bond donors (Lipinski definition) is 1. The Morgan fingerprint density at radius 2 is 1.83 bits per heavy atom. The number of rotatable bonds is 7. The Morgan fingerprint density at radius 1 is 1.10 bits per heavy atom. The average Bonchev–Trinajstić information content (AvgIpc) is 3.44. The molecule has 1 aliphatic heterocycles. The number of likely N-dealkylation sites (tertiary alicyclic amines) is 1. The van der Waals surface area contributed by atoms with Gasteiger partial charge in [0.15, 0.2) is 11.0 Å². The van der Waals surface area contributed by atoms with Gasteiger partial charge in [0.05, 0.1) is 18.4 Å². The van der Waals surface area contributed by atoms with Gasteiger partial charge in [0.1, 0.15) is 5.54 Å². The first-order valence-electron chi connectivity index (χ1n) is 10.8. The molecule has 0 atom stereocenters. The molecule has 1 amide bonds. The topological polar surface area (TPSA) is 86.8 Å². The van der Waals surface area contributed by atoms with E-state index in [0.717, 1.165) is 63.3 Å². The van der Waals surface area contributed by atoms with Crippen molar-refractivity contribution in [2.45, 2.75) is 62.2 Å². The highest BCUT2D eigenvalue weighted by Gasteiger charge is 2.33. The first-order valence-corrected chi connectivity index (χ1v) is 11.7. The summed E-state index contributed by atoms with van der Waals surface area (Å²) in [5, 5.41) is 22.1. The third-order valence-corrected chi connectivity index (χ3v) is 6.84. The number of aromatic nitrogens is 3. The number of nitriles is 1. The van der Waals surface area contributed by atoms with Crippen molar-refractivity contribution in [3.63, 3.8) is 0 Å². The molecule has 2 heterocycles. The fourth-order valence-electron chi connectivity index (χ4n) is 4.33. The van der Waals surface area contributed by atoms with Gasteiger partial charge in [0.2, 0.25) is 5.91 Å². The van der Waals surface area contributed by atoms with Crippen molar-refractivity contribution in [1.82, 2.24) is 25.0 Å². The van der Waals surface area contributed by atoms with Gasteiger partial charge in [0, 0.05) is 5.69 Å². The Hall–Kier alpha value is -2.37. The summed E-state index contributed by atoms with van der Waals surface area (Å²) < 4.78 is 2.05. The lowest BCUT2D eigenvalue weighted by molar-refractivity contribution is -0.120. The zero-order valence-corrected chi connectivity index (χ0v) is 18.0. The molecule has 158 valence electrons. The maximum absolute atomic E-state index is 12.6. The van der Waals surface area contributed by atoms with E-state index in [2.05, 4.69) is 31.1 Å². The van der Waals surface area contributed by atoms with Crippen LogP contribution in [0.1, 0.15) is 50.8 Å². The molecule has 30 heavy (non-hydrogen) atoms. The normalized spacial score (nSPS) is 18.8. The second-order valence-corrected chi connectivity index (χ2v) is 9.09. The largest absolute Gasteiger partial charge is 0.337 e. The number of benzene rings is 1. The number of para-hydroxylation sites is 1. The fraction of sp³-hybridized carbons (Fsp3) is 0.545. The van der Waals surface area contributed by atoms with Gasteiger partial charge in [-0.15, -0.1) is 10.2 Å². The van der Waals surface area contributed by atoms with Crippen molar-refractivity contribution in [2.24, 2.45) is 0 Å². The van der Waals surface area contributed by atoms with Crippen LogP contribution in [0.3, 0.4) is 0 Å². The minimum absolute atomic E-state index is 0.118. The van der Waals surface area contributed by atoms with Crippen LogP contribution < -0.4 is 5.32 Å². The minimum atomic E-state index is -0.704. The standard InChI is InChI=1S/C22H28N6OS/c23-17-22(11-5-2-6-12-22)24-20(29)16-30-21-26-25-19(15-27-13-7-8-14-27)28(21)18-9-3-1-4-10-18/h1,3-4,9-10H,2,5-8,11-16H2,(H,24,29). The fourth-order valence-corrected chi connectivity index (χ4v) is 5.10. The number of nitrogens with zero attached hydrogens (tertiary/aromatic N) is 5. The predicted molar refractivity (Wildman–Crippen MR) is 116 cm³/mol. The summed E-state index contributed by atoms with van der Waals surface area (Å²) >= 11 is 1.38. The summed E-state index contributed by atoms with van der Waals surface area (Å²) in [6, 6.07) is 12.4. The summed E-state index contributed by atoms with van der Waals surface area (Å²) in [7, 11) is 0. The number of carbonyl (C=O) groups is 1. The molecule has 1 saturated heterocycles. The van der Waals surface area contributed by atoms with E-state index in [1.807, 2.05) is 30.3 Å². The van der Waals surface area contributed by atoms with Gasteiger partial charge >= 0.3 is 0 Å². The third kappa shape index (κ3) is 4.85. The molecule has 1 saturated carbocycles. The summed E-state index contributed by atoms with van der Waals surface area (Å²) in [5.74, 6) is 0.997. The Morgan fingerprint density at radius 3 is 2.53 bits per heavy atom. The molecular formula is C22H28N6OS. The lowest BCUT2D eigenvalue weighted by atomic mass is 9.83. The number of amides is 1. The highest BCUT2D eigenvalue weighted by atomic mass is 32.2. The van der Waals surface area contributed by atoms with Crippen LogP contribution >= 0.6 is 11.8 Å². The van der Waals surface area contributed by atoms with Crippen LogP contribution in [-0.2, 0) is 11.3 Å². The van der Waals surface area contributed by atoms with E-state index in [0.29, 0.717) is 5.16 Å². The lowest BCUT2D eigenvalue weighted by Gasteiger charge is -2.31. The quantitative estimate of drug-likeness (QED) is 0.686. The van der Waals surface area contributed by atoms with Crippen LogP contribution in [0.2, 0.25) is 0 Å². The predicted octanol–water partition coefficient (Wildman–Crippen LogP) is 3.30. The Labute approximate surface area is 181 Å². The van der Waals surface area contributed by atoms with Crippen LogP contribution in [0.25, 0.3) is 5.69 Å². The maximum Gasteiger partial charge on any atom is 0.231 e. The molecule has 0 bridgehead atoms. The van der Waals surface area contributed by atoms with E-state index >= 15 is 0 Å². The van der Waals surface area contributed by atoms with Crippen molar-refractivity contribution < 1.29 is 4.79 Å². The van der Waals surface area contributed by atoms with E-state index in [1.165, 1.54) is 24.6 Å². The van der Waals surface area contributed by atoms with Gasteiger partial charge in [-0.2, -0.15) is 5.26 Å². The summed E-state index contributed by atoms with van der Waals surface area (Å²) in [6.07, 6.45) is 7.03. The van der Waals surface area contributed by atoms with Crippen LogP contribution in [-0.4, -0.2) is 50.0 Å². The number of hydrogen-bond acceptors (Lipinski definition) is 6. The van der Waals surface area contributed by atoms with Gasteiger partial charge in [-0.25, -0.2) is 0 Å². The monoisotopic (exact) mass is 424 g/mol. The van der Waals surface area contributed by atoms with Crippen LogP contribution in [0.4, 0.5) is 0 Å². The smallest absolute Gasteiger partial charge is 0.231 e. The van der Waals surface area contributed by atoms with Gasteiger partial charge in [-0.3, -0.25) is 14.3 Å². The molecule has 1 N–H and O–H groups in total. The molecular weight excluding hydrogens is 396 g/mol. The van der Waals surface area contributed by atoms with Gasteiger partial charge in [-0.05, 0) is 50.9 Å². The lowest BCUT2D eigenvalue weighted by Crippen LogP contribution is -2.49. The Bertz CT molecular complexity index is 894. The van der Waals surface area contributed by atoms with Crippen molar-refractivity contribution in [3.05, 3.63) is 36.2 Å². The van der Waals surface area contributed by atoms with Gasteiger partial charge in [0.25, 0.3) is 0 Å². The van der Waals surface area contributed by atoms with E-state index in [9.17, 15) is 10.1 Å². The first kappa shape index (κ1) is 20.9. The third-order valence-electron chi connectivity index (χ3n) is 5.91. The van der Waals surface area contributed by atoms with Crippen molar-refractivity contribution in [1.29, 1.82) is 5.26 Å². The second kappa shape index (κ2) is 9.63. The minimum Gasteiger partial charge on any atom is -0.337 e. The van der Waals surface area contributed by atoms with E-state index in [-0.39, 0.29) is 11.7 Å². The zero-order valence-electron chi connectivity index (χ0n) is 17.2. The van der Waals surface area contributed by atoms with E-state index in [4.69, 9.17) is 0 Å². The maximum atomic E-state index is 12.6. The highest BCUT2D eigenvalue weighted by molar-refractivity contribution is 7.99. The van der Waals surface area contributed by atoms with E-state index in [1.54, 1.807) is 0 Å². The molecule has 4 rings (SSSR count). The van der Waals surface area contributed by atoms with Crippen LogP contribution in [0.5, 0.6) is 0 Å². The van der Waals surface area contributed by atoms with Gasteiger partial charge in [-0.1, -0.05) is 49.2 Å². The summed E-state index contributed by atoms with van der Waals surface area (Å²) in [5.41, 5.74) is 0.296. The molecule has 1 aromatic heterocycles. The summed E-state index contributed by atoms with van der Waals surface area (Å²) in [6.45, 7) is 2.93. The molecule has 8 heteroatoms. The number of carbonyl (C=O) groups excluding carboxylic acids is 1. The number of nitrogens with one attached hydrogen (secondary N) is 1. The molecule has 1 aromatic carbocycles. The molecule has 0 spiro atoms. The molecule has 0 radical (unpaired) electrons. The molecule has 2 aliphatic rings. The van der Waals surface area contributed by atoms with Crippen LogP contribution in [0, 0.1) is 11.3 Å². The van der Waals surface area contributed by atoms with Gasteiger partial charge < -0.3 is 5.32 Å². The number of thioether (sulfide) groups is 1. The van der Waals surface area contributed by atoms with E-state index < -0.39 is 5.54 Å². The Balaban J connectivity index is 1.47. The molecule has 0 unspecified atom stereocenters. The highest BCUT2D eigenvalue weighted by Crippen LogP contribution is 2.28. The van der Waals surface area contributed by atoms with Crippen molar-refractivity contribution >= 4 is 17.7 Å². The van der Waals surface area contributed by atoms with Crippen LogP contribution in [0.15, 0.2) is 35.5 Å². The molecule has 7 nitrogen and oxygen atoms in total. The SMILES string of the molecule is N#CC1(NC(=O)CSc2nnc(CN3CCCC3)n2-c2ccccc2)CCCCC1. The average molecular weight is 425 g/mol. The molecule has 1 aliphatic carbocycles. The zero-order chi connectivity index (χ0) is 20.8. The molecule has 2 fully saturated rings. The Kier molecular flexibility index (Phi) is 6.70. The van der Waals surface area contributed by atoms with Crippen molar-refractivity contribution in [3.8, 4) is 11.8 Å².